The standard InChI is InChI=1S/C18H31BrN2/c1-6-20-18(16-8-7-9-17(19)12-16)10-11-21(15(4)5)13-14(2)3/h7-9,12,14-15,18,20H,6,10-11,13H2,1-5H3. The third-order valence-corrected chi connectivity index (χ3v) is 4.23. The first-order chi connectivity index (χ1) is 9.93. The van der Waals surface area contributed by atoms with Gasteiger partial charge in [-0.25, -0.2) is 0 Å². The molecule has 1 N–H and O–H groups in total. The van der Waals surface area contributed by atoms with Crippen LogP contribution in [0.15, 0.2) is 28.7 Å². The lowest BCUT2D eigenvalue weighted by atomic mass is 10.0. The normalized spacial score (nSPS) is 13.4. The zero-order valence-electron chi connectivity index (χ0n) is 14.2. The highest BCUT2D eigenvalue weighted by atomic mass is 79.9. The van der Waals surface area contributed by atoms with Crippen molar-refractivity contribution >= 4 is 15.9 Å². The minimum Gasteiger partial charge on any atom is -0.310 e. The average molecular weight is 355 g/mol. The summed E-state index contributed by atoms with van der Waals surface area (Å²) in [5, 5.41) is 3.63. The number of nitrogens with zero attached hydrogens (tertiary/aromatic N) is 1. The van der Waals surface area contributed by atoms with Crippen LogP contribution in [0.3, 0.4) is 0 Å². The van der Waals surface area contributed by atoms with E-state index in [2.05, 4.69) is 85.0 Å². The largest absolute Gasteiger partial charge is 0.310 e. The molecule has 1 aromatic carbocycles. The molecule has 0 aliphatic heterocycles. The van der Waals surface area contributed by atoms with E-state index in [0.717, 1.165) is 29.9 Å². The maximum Gasteiger partial charge on any atom is 0.0332 e. The Labute approximate surface area is 139 Å². The lowest BCUT2D eigenvalue weighted by Crippen LogP contribution is -2.37. The molecular weight excluding hydrogens is 324 g/mol. The molecular formula is C18H31BrN2. The van der Waals surface area contributed by atoms with E-state index >= 15 is 0 Å². The number of hydrogen-bond donors (Lipinski definition) is 1. The van der Waals surface area contributed by atoms with Crippen LogP contribution in [0.2, 0.25) is 0 Å². The summed E-state index contributed by atoms with van der Waals surface area (Å²) in [6, 6.07) is 9.71. The molecule has 1 unspecified atom stereocenters. The van der Waals surface area contributed by atoms with Crippen molar-refractivity contribution in [2.45, 2.75) is 53.1 Å². The first kappa shape index (κ1) is 18.7. The second kappa shape index (κ2) is 9.60. The Morgan fingerprint density at radius 1 is 1.19 bits per heavy atom. The fourth-order valence-electron chi connectivity index (χ4n) is 2.68. The lowest BCUT2D eigenvalue weighted by molar-refractivity contribution is 0.188. The lowest BCUT2D eigenvalue weighted by Gasteiger charge is -2.30. The molecule has 0 bridgehead atoms. The van der Waals surface area contributed by atoms with E-state index in [4.69, 9.17) is 0 Å². The summed E-state index contributed by atoms with van der Waals surface area (Å²) < 4.78 is 1.16. The van der Waals surface area contributed by atoms with Crippen LogP contribution in [0.5, 0.6) is 0 Å². The van der Waals surface area contributed by atoms with Crippen molar-refractivity contribution in [2.75, 3.05) is 19.6 Å². The van der Waals surface area contributed by atoms with Gasteiger partial charge in [-0.15, -0.1) is 0 Å². The van der Waals surface area contributed by atoms with E-state index in [1.165, 1.54) is 12.1 Å². The van der Waals surface area contributed by atoms with Gasteiger partial charge in [0.25, 0.3) is 0 Å². The van der Waals surface area contributed by atoms with Gasteiger partial charge in [-0.1, -0.05) is 48.8 Å². The molecule has 1 rings (SSSR count). The summed E-state index contributed by atoms with van der Waals surface area (Å²) in [5.41, 5.74) is 1.37. The Balaban J connectivity index is 2.69. The van der Waals surface area contributed by atoms with Gasteiger partial charge < -0.3 is 10.2 Å². The fourth-order valence-corrected chi connectivity index (χ4v) is 3.10. The van der Waals surface area contributed by atoms with Gasteiger partial charge >= 0.3 is 0 Å². The minimum absolute atomic E-state index is 0.431. The van der Waals surface area contributed by atoms with Crippen LogP contribution in [-0.4, -0.2) is 30.6 Å². The number of benzene rings is 1. The molecule has 0 aromatic heterocycles. The van der Waals surface area contributed by atoms with Crippen molar-refractivity contribution in [1.29, 1.82) is 0 Å². The molecule has 0 spiro atoms. The first-order valence-corrected chi connectivity index (χ1v) is 8.96. The van der Waals surface area contributed by atoms with Crippen LogP contribution >= 0.6 is 15.9 Å². The van der Waals surface area contributed by atoms with Crippen LogP contribution in [0, 0.1) is 5.92 Å². The van der Waals surface area contributed by atoms with E-state index in [1.807, 2.05) is 0 Å². The Morgan fingerprint density at radius 3 is 2.43 bits per heavy atom. The summed E-state index contributed by atoms with van der Waals surface area (Å²) in [4.78, 5) is 2.59. The third-order valence-electron chi connectivity index (χ3n) is 3.74. The van der Waals surface area contributed by atoms with Crippen molar-refractivity contribution in [1.82, 2.24) is 10.2 Å². The van der Waals surface area contributed by atoms with E-state index in [9.17, 15) is 0 Å². The monoisotopic (exact) mass is 354 g/mol. The summed E-state index contributed by atoms with van der Waals surface area (Å²) in [6.07, 6.45) is 1.15. The highest BCUT2D eigenvalue weighted by Crippen LogP contribution is 2.21. The highest BCUT2D eigenvalue weighted by Gasteiger charge is 2.16. The molecule has 0 radical (unpaired) electrons. The maximum atomic E-state index is 3.63. The van der Waals surface area contributed by atoms with Crippen molar-refractivity contribution in [3.8, 4) is 0 Å². The van der Waals surface area contributed by atoms with Gasteiger partial charge in [-0.2, -0.15) is 0 Å². The predicted molar refractivity (Wildman–Crippen MR) is 96.7 cm³/mol. The molecule has 0 fully saturated rings. The molecule has 0 heterocycles. The van der Waals surface area contributed by atoms with Gasteiger partial charge in [0.2, 0.25) is 0 Å². The maximum absolute atomic E-state index is 3.63. The third kappa shape index (κ3) is 6.94. The van der Waals surface area contributed by atoms with E-state index < -0.39 is 0 Å². The minimum atomic E-state index is 0.431. The van der Waals surface area contributed by atoms with Gasteiger partial charge in [0.1, 0.15) is 0 Å². The van der Waals surface area contributed by atoms with Gasteiger partial charge in [0.05, 0.1) is 0 Å². The van der Waals surface area contributed by atoms with Crippen LogP contribution in [0.1, 0.15) is 52.6 Å². The Bertz CT molecular complexity index is 404. The van der Waals surface area contributed by atoms with Crippen molar-refractivity contribution in [3.63, 3.8) is 0 Å². The van der Waals surface area contributed by atoms with Gasteiger partial charge in [-0.3, -0.25) is 0 Å². The fraction of sp³-hybridized carbons (Fsp3) is 0.667. The Hall–Kier alpha value is -0.380. The topological polar surface area (TPSA) is 15.3 Å². The van der Waals surface area contributed by atoms with E-state index in [0.29, 0.717) is 12.1 Å². The van der Waals surface area contributed by atoms with Crippen molar-refractivity contribution < 1.29 is 0 Å². The van der Waals surface area contributed by atoms with Crippen LogP contribution in [-0.2, 0) is 0 Å². The molecule has 1 aromatic rings. The first-order valence-electron chi connectivity index (χ1n) is 8.16. The smallest absolute Gasteiger partial charge is 0.0332 e. The zero-order valence-corrected chi connectivity index (χ0v) is 15.8. The summed E-state index contributed by atoms with van der Waals surface area (Å²) in [5.74, 6) is 0.718. The number of halogens is 1. The van der Waals surface area contributed by atoms with Crippen LogP contribution in [0.4, 0.5) is 0 Å². The predicted octanol–water partition coefficient (Wildman–Crippen LogP) is 4.86. The number of rotatable bonds is 9. The molecule has 1 atom stereocenters. The molecule has 0 saturated heterocycles. The summed E-state index contributed by atoms with van der Waals surface area (Å²) >= 11 is 3.58. The second-order valence-electron chi connectivity index (χ2n) is 6.44. The van der Waals surface area contributed by atoms with Gasteiger partial charge in [0, 0.05) is 29.6 Å². The molecule has 21 heavy (non-hydrogen) atoms. The molecule has 0 aliphatic carbocycles. The Morgan fingerprint density at radius 2 is 1.90 bits per heavy atom. The molecule has 2 nitrogen and oxygen atoms in total. The molecule has 0 saturated carbocycles. The second-order valence-corrected chi connectivity index (χ2v) is 7.35. The van der Waals surface area contributed by atoms with Crippen LogP contribution in [0.25, 0.3) is 0 Å². The van der Waals surface area contributed by atoms with Gasteiger partial charge in [-0.05, 0) is 50.4 Å². The average Bonchev–Trinajstić information content (AvgIpc) is 2.41. The summed E-state index contributed by atoms with van der Waals surface area (Å²) in [6.45, 7) is 14.7. The van der Waals surface area contributed by atoms with Crippen molar-refractivity contribution in [3.05, 3.63) is 34.3 Å². The molecule has 0 amide bonds. The number of hydrogen-bond acceptors (Lipinski definition) is 2. The Kier molecular flexibility index (Phi) is 8.53. The molecule has 0 aliphatic rings. The quantitative estimate of drug-likeness (QED) is 0.681. The molecule has 120 valence electrons. The highest BCUT2D eigenvalue weighted by molar-refractivity contribution is 9.10. The van der Waals surface area contributed by atoms with E-state index in [1.54, 1.807) is 0 Å². The number of nitrogens with one attached hydrogen (secondary N) is 1. The van der Waals surface area contributed by atoms with Crippen molar-refractivity contribution in [2.24, 2.45) is 5.92 Å². The summed E-state index contributed by atoms with van der Waals surface area (Å²) in [7, 11) is 0. The van der Waals surface area contributed by atoms with Gasteiger partial charge in [0.15, 0.2) is 0 Å². The van der Waals surface area contributed by atoms with Crippen LogP contribution < -0.4 is 5.32 Å². The zero-order chi connectivity index (χ0) is 15.8. The SMILES string of the molecule is CCNC(CCN(CC(C)C)C(C)C)c1cccc(Br)c1. The molecule has 3 heteroatoms. The van der Waals surface area contributed by atoms with E-state index in [-0.39, 0.29) is 0 Å².